The number of furan rings is 1. The molecule has 1 amide bonds. The van der Waals surface area contributed by atoms with E-state index in [2.05, 4.69) is 53.8 Å². The van der Waals surface area contributed by atoms with Gasteiger partial charge in [0.2, 0.25) is 0 Å². The zero-order valence-electron chi connectivity index (χ0n) is 17.7. The zero-order valence-corrected chi connectivity index (χ0v) is 17.7. The Morgan fingerprint density at radius 2 is 1.52 bits per heavy atom. The molecule has 0 fully saturated rings. The Bertz CT molecular complexity index is 1080. The van der Waals surface area contributed by atoms with E-state index >= 15 is 0 Å². The third-order valence-corrected chi connectivity index (χ3v) is 5.48. The molecule has 3 aromatic carbocycles. The quantitative estimate of drug-likeness (QED) is 0.370. The molecule has 0 aliphatic heterocycles. The van der Waals surface area contributed by atoms with Crippen LogP contribution in [0.3, 0.4) is 0 Å². The Balaban J connectivity index is 1.50. The molecule has 0 saturated heterocycles. The number of fused-ring (bicyclic) bond motifs is 1. The van der Waals surface area contributed by atoms with Crippen molar-refractivity contribution in [2.45, 2.75) is 25.9 Å². The molecule has 31 heavy (non-hydrogen) atoms. The van der Waals surface area contributed by atoms with Crippen LogP contribution in [-0.4, -0.2) is 19.1 Å². The molecule has 0 saturated carbocycles. The highest BCUT2D eigenvalue weighted by Gasteiger charge is 2.21. The lowest BCUT2D eigenvalue weighted by Crippen LogP contribution is -2.26. The van der Waals surface area contributed by atoms with Gasteiger partial charge < -0.3 is 14.5 Å². The van der Waals surface area contributed by atoms with Crippen LogP contribution < -0.4 is 5.32 Å². The van der Waals surface area contributed by atoms with Crippen LogP contribution >= 0.6 is 0 Å². The molecule has 4 nitrogen and oxygen atoms in total. The number of carbonyl (C=O) groups excluding carboxylic acids is 1. The smallest absolute Gasteiger partial charge is 0.287 e. The van der Waals surface area contributed by atoms with Gasteiger partial charge in [0.25, 0.3) is 5.91 Å². The fourth-order valence-corrected chi connectivity index (χ4v) is 3.94. The van der Waals surface area contributed by atoms with Gasteiger partial charge in [-0.3, -0.25) is 4.79 Å². The summed E-state index contributed by atoms with van der Waals surface area (Å²) in [6, 6.07) is 28.5. The molecule has 0 unspecified atom stereocenters. The second-order valence-electron chi connectivity index (χ2n) is 7.46. The number of carbonyl (C=O) groups is 1. The van der Waals surface area contributed by atoms with Crippen molar-refractivity contribution in [1.82, 2.24) is 5.32 Å². The number of hydrogen-bond acceptors (Lipinski definition) is 3. The zero-order chi connectivity index (χ0) is 21.5. The average molecular weight is 414 g/mol. The first-order chi connectivity index (χ1) is 15.3. The Morgan fingerprint density at radius 1 is 0.903 bits per heavy atom. The predicted octanol–water partition coefficient (Wildman–Crippen LogP) is 5.92. The molecular formula is C27H27NO3. The largest absolute Gasteiger partial charge is 0.451 e. The minimum atomic E-state index is -0.203. The van der Waals surface area contributed by atoms with Crippen molar-refractivity contribution < 1.29 is 13.9 Å². The van der Waals surface area contributed by atoms with Crippen molar-refractivity contribution in [2.75, 3.05) is 13.2 Å². The Morgan fingerprint density at radius 3 is 2.16 bits per heavy atom. The third kappa shape index (κ3) is 4.86. The van der Waals surface area contributed by atoms with Gasteiger partial charge in [0, 0.05) is 30.0 Å². The summed E-state index contributed by atoms with van der Waals surface area (Å²) in [5, 5.41) is 3.98. The Labute approximate surface area is 182 Å². The molecule has 0 bridgehead atoms. The van der Waals surface area contributed by atoms with Crippen LogP contribution in [0.15, 0.2) is 89.3 Å². The summed E-state index contributed by atoms with van der Waals surface area (Å²) in [6.07, 6.45) is 0.792. The lowest BCUT2D eigenvalue weighted by molar-refractivity contribution is 0.0914. The van der Waals surface area contributed by atoms with Gasteiger partial charge >= 0.3 is 0 Å². The van der Waals surface area contributed by atoms with E-state index in [-0.39, 0.29) is 11.8 Å². The third-order valence-electron chi connectivity index (χ3n) is 5.48. The van der Waals surface area contributed by atoms with E-state index in [9.17, 15) is 4.79 Å². The molecule has 158 valence electrons. The lowest BCUT2D eigenvalue weighted by atomic mass is 9.88. The summed E-state index contributed by atoms with van der Waals surface area (Å²) >= 11 is 0. The van der Waals surface area contributed by atoms with Gasteiger partial charge in [-0.05, 0) is 30.5 Å². The first-order valence-corrected chi connectivity index (χ1v) is 10.7. The molecule has 0 radical (unpaired) electrons. The average Bonchev–Trinajstić information content (AvgIpc) is 3.20. The summed E-state index contributed by atoms with van der Waals surface area (Å²) in [5.74, 6) is 0.345. The lowest BCUT2D eigenvalue weighted by Gasteiger charge is -2.18. The number of benzene rings is 3. The fraction of sp³-hybridized carbons (Fsp3) is 0.222. The van der Waals surface area contributed by atoms with Crippen molar-refractivity contribution in [3.63, 3.8) is 0 Å². The summed E-state index contributed by atoms with van der Waals surface area (Å²) < 4.78 is 11.5. The highest BCUT2D eigenvalue weighted by molar-refractivity contribution is 5.99. The number of amides is 1. The van der Waals surface area contributed by atoms with Crippen molar-refractivity contribution in [2.24, 2.45) is 0 Å². The summed E-state index contributed by atoms with van der Waals surface area (Å²) in [4.78, 5) is 13.0. The monoisotopic (exact) mass is 413 g/mol. The molecule has 4 heteroatoms. The molecule has 1 aromatic heterocycles. The van der Waals surface area contributed by atoms with Gasteiger partial charge in [-0.1, -0.05) is 78.9 Å². The van der Waals surface area contributed by atoms with Crippen molar-refractivity contribution in [1.29, 1.82) is 0 Å². The molecule has 0 spiro atoms. The summed E-state index contributed by atoms with van der Waals surface area (Å²) in [7, 11) is 0. The number of rotatable bonds is 9. The highest BCUT2D eigenvalue weighted by Crippen LogP contribution is 2.29. The topological polar surface area (TPSA) is 51.5 Å². The second kappa shape index (κ2) is 10.1. The molecule has 0 atom stereocenters. The van der Waals surface area contributed by atoms with Crippen molar-refractivity contribution >= 4 is 16.9 Å². The fourth-order valence-electron chi connectivity index (χ4n) is 3.94. The molecule has 1 N–H and O–H groups in total. The van der Waals surface area contributed by atoms with Gasteiger partial charge in [-0.2, -0.15) is 0 Å². The van der Waals surface area contributed by atoms with Crippen LogP contribution in [0.2, 0.25) is 0 Å². The van der Waals surface area contributed by atoms with Crippen LogP contribution in [0, 0.1) is 0 Å². The van der Waals surface area contributed by atoms with E-state index in [0.717, 1.165) is 17.4 Å². The van der Waals surface area contributed by atoms with Crippen molar-refractivity contribution in [3.05, 3.63) is 107 Å². The highest BCUT2D eigenvalue weighted by atomic mass is 16.5. The number of para-hydroxylation sites is 1. The minimum Gasteiger partial charge on any atom is -0.451 e. The second-order valence-corrected chi connectivity index (χ2v) is 7.46. The Hall–Kier alpha value is -3.37. The molecule has 0 aliphatic carbocycles. The minimum absolute atomic E-state index is 0.203. The molecule has 4 rings (SSSR count). The van der Waals surface area contributed by atoms with Gasteiger partial charge in [0.05, 0.1) is 6.61 Å². The van der Waals surface area contributed by atoms with Crippen LogP contribution in [-0.2, 0) is 11.3 Å². The number of nitrogens with one attached hydrogen (secondary N) is 1. The van der Waals surface area contributed by atoms with Crippen LogP contribution in [0.4, 0.5) is 0 Å². The molecule has 0 aliphatic rings. The number of hydrogen-bond donors (Lipinski definition) is 1. The first-order valence-electron chi connectivity index (χ1n) is 10.7. The SMILES string of the molecule is CCOCc1c(C(=O)NCCC(c2ccccc2)c2ccccc2)oc2ccccc12. The van der Waals surface area contributed by atoms with E-state index in [1.807, 2.05) is 43.3 Å². The van der Waals surface area contributed by atoms with Gasteiger partial charge in [0.1, 0.15) is 5.58 Å². The number of ether oxygens (including phenoxy) is 1. The maximum Gasteiger partial charge on any atom is 0.287 e. The molecule has 1 heterocycles. The molecule has 4 aromatic rings. The maximum atomic E-state index is 13.0. The van der Waals surface area contributed by atoms with Gasteiger partial charge in [0.15, 0.2) is 5.76 Å². The Kier molecular flexibility index (Phi) is 6.80. The van der Waals surface area contributed by atoms with Crippen molar-refractivity contribution in [3.8, 4) is 0 Å². The van der Waals surface area contributed by atoms with Gasteiger partial charge in [-0.15, -0.1) is 0 Å². The molecular weight excluding hydrogens is 386 g/mol. The normalized spacial score (nSPS) is 11.2. The van der Waals surface area contributed by atoms with E-state index in [1.54, 1.807) is 0 Å². The van der Waals surface area contributed by atoms with Crippen LogP contribution in [0.25, 0.3) is 11.0 Å². The summed E-state index contributed by atoms with van der Waals surface area (Å²) in [5.41, 5.74) is 3.99. The van der Waals surface area contributed by atoms with E-state index < -0.39 is 0 Å². The van der Waals surface area contributed by atoms with Gasteiger partial charge in [-0.25, -0.2) is 0 Å². The maximum absolute atomic E-state index is 13.0. The van der Waals surface area contributed by atoms with E-state index in [4.69, 9.17) is 9.15 Å². The first kappa shape index (κ1) is 20.9. The van der Waals surface area contributed by atoms with Crippen LogP contribution in [0.5, 0.6) is 0 Å². The van der Waals surface area contributed by atoms with Crippen LogP contribution in [0.1, 0.15) is 46.5 Å². The predicted molar refractivity (Wildman–Crippen MR) is 123 cm³/mol. The van der Waals surface area contributed by atoms with E-state index in [1.165, 1.54) is 11.1 Å². The summed E-state index contributed by atoms with van der Waals surface area (Å²) in [6.45, 7) is 3.41. The van der Waals surface area contributed by atoms with E-state index in [0.29, 0.717) is 31.1 Å². The standard InChI is InChI=1S/C27H27NO3/c1-2-30-19-24-23-15-9-10-16-25(23)31-26(24)27(29)28-18-17-22(20-11-5-3-6-12-20)21-13-7-4-8-14-21/h3-16,22H,2,17-19H2,1H3,(H,28,29).